The van der Waals surface area contributed by atoms with E-state index in [4.69, 9.17) is 27.9 Å². The second kappa shape index (κ2) is 10.4. The summed E-state index contributed by atoms with van der Waals surface area (Å²) in [5.41, 5.74) is 2.79. The Hall–Kier alpha value is -0.750. The summed E-state index contributed by atoms with van der Waals surface area (Å²) in [4.78, 5) is 6.64. The van der Waals surface area contributed by atoms with Crippen LogP contribution in [0.1, 0.15) is 5.56 Å². The van der Waals surface area contributed by atoms with E-state index in [0.717, 1.165) is 31.6 Å². The van der Waals surface area contributed by atoms with E-state index in [9.17, 15) is 0 Å². The molecule has 0 fully saturated rings. The van der Waals surface area contributed by atoms with Crippen molar-refractivity contribution in [3.05, 3.63) is 50.9 Å². The Labute approximate surface area is 175 Å². The van der Waals surface area contributed by atoms with Crippen molar-refractivity contribution >= 4 is 72.7 Å². The van der Waals surface area contributed by atoms with E-state index in [1.165, 1.54) is 0 Å². The van der Waals surface area contributed by atoms with Crippen molar-refractivity contribution in [2.24, 2.45) is 4.99 Å². The van der Waals surface area contributed by atoms with Gasteiger partial charge in [-0.15, -0.1) is 23.2 Å². The van der Waals surface area contributed by atoms with Gasteiger partial charge in [-0.25, -0.2) is 0 Å². The van der Waals surface area contributed by atoms with E-state index in [2.05, 4.69) is 41.8 Å². The maximum atomic E-state index is 5.90. The molecule has 0 N–H and O–H groups in total. The third-order valence-corrected chi connectivity index (χ3v) is 4.72. The van der Waals surface area contributed by atoms with Crippen LogP contribution in [0.5, 0.6) is 5.75 Å². The van der Waals surface area contributed by atoms with Gasteiger partial charge in [0.15, 0.2) is 0 Å². The largest absolute Gasteiger partial charge is 0.495 e. The minimum Gasteiger partial charge on any atom is -0.495 e. The number of nitrogens with zero attached hydrogens (tertiary/aromatic N) is 2. The second-order valence-corrected chi connectivity index (χ2v) is 7.77. The number of methoxy groups -OCH3 is 1. The van der Waals surface area contributed by atoms with Crippen molar-refractivity contribution in [3.63, 3.8) is 0 Å². The first-order valence-electron chi connectivity index (χ1n) is 7.62. The van der Waals surface area contributed by atoms with Gasteiger partial charge in [-0.1, -0.05) is 37.9 Å². The highest BCUT2D eigenvalue weighted by molar-refractivity contribution is 9.11. The average Bonchev–Trinajstić information content (AvgIpc) is 2.59. The second-order valence-electron chi connectivity index (χ2n) is 5.18. The highest BCUT2D eigenvalue weighted by atomic mass is 79.9. The van der Waals surface area contributed by atoms with Gasteiger partial charge in [0.1, 0.15) is 5.75 Å². The van der Waals surface area contributed by atoms with Gasteiger partial charge in [0.25, 0.3) is 0 Å². The average molecular weight is 509 g/mol. The first-order valence-corrected chi connectivity index (χ1v) is 10.3. The Morgan fingerprint density at radius 3 is 2.24 bits per heavy atom. The van der Waals surface area contributed by atoms with Crippen LogP contribution >= 0.6 is 55.1 Å². The lowest BCUT2D eigenvalue weighted by molar-refractivity contribution is 0.414. The summed E-state index contributed by atoms with van der Waals surface area (Å²) in [6, 6.07) is 11.9. The van der Waals surface area contributed by atoms with Crippen LogP contribution in [-0.2, 0) is 0 Å². The lowest BCUT2D eigenvalue weighted by Gasteiger charge is -2.25. The van der Waals surface area contributed by atoms with E-state index >= 15 is 0 Å². The standard InChI is InChI=1S/C18H18Br2Cl2N2O/c1-25-18-8-13(2-3-17(18)24(6-4-21)7-5-22)12-23-16-10-14(19)9-15(20)11-16/h2-3,8-12H,4-7H2,1H3. The van der Waals surface area contributed by atoms with E-state index in [0.29, 0.717) is 24.8 Å². The molecular formula is C18H18Br2Cl2N2O. The summed E-state index contributed by atoms with van der Waals surface area (Å²) in [7, 11) is 1.66. The Morgan fingerprint density at radius 1 is 1.04 bits per heavy atom. The van der Waals surface area contributed by atoms with E-state index in [-0.39, 0.29) is 0 Å². The normalized spacial score (nSPS) is 11.1. The molecular weight excluding hydrogens is 491 g/mol. The van der Waals surface area contributed by atoms with Crippen molar-refractivity contribution in [1.29, 1.82) is 0 Å². The first-order chi connectivity index (χ1) is 12.1. The molecule has 0 heterocycles. The molecule has 0 saturated carbocycles. The molecule has 0 aromatic heterocycles. The third-order valence-electron chi connectivity index (χ3n) is 3.46. The number of ether oxygens (including phenoxy) is 1. The predicted molar refractivity (Wildman–Crippen MR) is 116 cm³/mol. The molecule has 0 atom stereocenters. The number of anilines is 1. The van der Waals surface area contributed by atoms with Crippen LogP contribution in [0.2, 0.25) is 0 Å². The van der Waals surface area contributed by atoms with Gasteiger partial charge >= 0.3 is 0 Å². The number of hydrogen-bond donors (Lipinski definition) is 0. The molecule has 0 bridgehead atoms. The van der Waals surface area contributed by atoms with E-state index in [1.54, 1.807) is 7.11 Å². The molecule has 0 unspecified atom stereocenters. The number of alkyl halides is 2. The molecule has 134 valence electrons. The van der Waals surface area contributed by atoms with E-state index < -0.39 is 0 Å². The van der Waals surface area contributed by atoms with Crippen LogP contribution < -0.4 is 9.64 Å². The fraction of sp³-hybridized carbons (Fsp3) is 0.278. The summed E-state index contributed by atoms with van der Waals surface area (Å²) in [6.07, 6.45) is 1.81. The number of benzene rings is 2. The van der Waals surface area contributed by atoms with Gasteiger partial charge in [-0.3, -0.25) is 4.99 Å². The molecule has 0 radical (unpaired) electrons. The molecule has 0 aliphatic rings. The predicted octanol–water partition coefficient (Wildman–Crippen LogP) is 6.25. The molecule has 0 aliphatic carbocycles. The summed E-state index contributed by atoms with van der Waals surface area (Å²) < 4.78 is 7.49. The summed E-state index contributed by atoms with van der Waals surface area (Å²) >= 11 is 18.7. The highest BCUT2D eigenvalue weighted by Gasteiger charge is 2.11. The Kier molecular flexibility index (Phi) is 8.56. The lowest BCUT2D eigenvalue weighted by Crippen LogP contribution is -2.28. The zero-order chi connectivity index (χ0) is 18.2. The van der Waals surface area contributed by atoms with Crippen molar-refractivity contribution in [3.8, 4) is 5.75 Å². The zero-order valence-corrected chi connectivity index (χ0v) is 18.4. The van der Waals surface area contributed by atoms with Crippen LogP contribution in [0.25, 0.3) is 0 Å². The molecule has 3 nitrogen and oxygen atoms in total. The fourth-order valence-electron chi connectivity index (χ4n) is 2.36. The lowest BCUT2D eigenvalue weighted by atomic mass is 10.2. The fourth-order valence-corrected chi connectivity index (χ4v) is 4.03. The molecule has 0 amide bonds. The molecule has 0 saturated heterocycles. The Morgan fingerprint density at radius 2 is 1.68 bits per heavy atom. The molecule has 2 aromatic carbocycles. The molecule has 7 heteroatoms. The highest BCUT2D eigenvalue weighted by Crippen LogP contribution is 2.30. The van der Waals surface area contributed by atoms with Crippen molar-refractivity contribution < 1.29 is 4.74 Å². The van der Waals surface area contributed by atoms with Gasteiger partial charge in [-0.05, 0) is 35.9 Å². The van der Waals surface area contributed by atoms with Crippen LogP contribution in [-0.4, -0.2) is 38.2 Å². The Bertz CT molecular complexity index is 715. The number of hydrogen-bond acceptors (Lipinski definition) is 3. The van der Waals surface area contributed by atoms with Gasteiger partial charge < -0.3 is 9.64 Å². The van der Waals surface area contributed by atoms with Gasteiger partial charge in [0.05, 0.1) is 18.5 Å². The SMILES string of the molecule is COc1cc(C=Nc2cc(Br)cc(Br)c2)ccc1N(CCCl)CCCl. The van der Waals surface area contributed by atoms with Crippen LogP contribution in [0.15, 0.2) is 50.3 Å². The third kappa shape index (κ3) is 6.17. The van der Waals surface area contributed by atoms with Crippen LogP contribution in [0.4, 0.5) is 11.4 Å². The van der Waals surface area contributed by atoms with E-state index in [1.807, 2.05) is 42.6 Å². The molecule has 0 aliphatic heterocycles. The quantitative estimate of drug-likeness (QED) is 0.311. The minimum atomic E-state index is 0.529. The number of halogens is 4. The molecule has 0 spiro atoms. The summed E-state index contributed by atoms with van der Waals surface area (Å²) in [5.74, 6) is 1.83. The molecule has 2 rings (SSSR count). The number of rotatable bonds is 8. The number of aliphatic imine (C=N–C) groups is 1. The first kappa shape index (κ1) is 20.6. The van der Waals surface area contributed by atoms with Crippen molar-refractivity contribution in [2.45, 2.75) is 0 Å². The van der Waals surface area contributed by atoms with Crippen molar-refractivity contribution in [1.82, 2.24) is 0 Å². The maximum absolute atomic E-state index is 5.90. The van der Waals surface area contributed by atoms with Crippen LogP contribution in [0, 0.1) is 0 Å². The minimum absolute atomic E-state index is 0.529. The summed E-state index contributed by atoms with van der Waals surface area (Å²) in [5, 5.41) is 0. The summed E-state index contributed by atoms with van der Waals surface area (Å²) in [6.45, 7) is 1.42. The topological polar surface area (TPSA) is 24.8 Å². The maximum Gasteiger partial charge on any atom is 0.142 e. The smallest absolute Gasteiger partial charge is 0.142 e. The van der Waals surface area contributed by atoms with Crippen molar-refractivity contribution in [2.75, 3.05) is 36.9 Å². The molecule has 25 heavy (non-hydrogen) atoms. The van der Waals surface area contributed by atoms with Gasteiger partial charge in [-0.2, -0.15) is 0 Å². The molecule has 2 aromatic rings. The Balaban J connectivity index is 2.26. The monoisotopic (exact) mass is 506 g/mol. The van der Waals surface area contributed by atoms with Crippen LogP contribution in [0.3, 0.4) is 0 Å². The zero-order valence-electron chi connectivity index (χ0n) is 13.7. The van der Waals surface area contributed by atoms with Gasteiger partial charge in [0, 0.05) is 40.0 Å². The van der Waals surface area contributed by atoms with Gasteiger partial charge in [0.2, 0.25) is 0 Å².